The number of nitrogens with one attached hydrogen (secondary N) is 2. The first-order valence-corrected chi connectivity index (χ1v) is 23.4. The Kier molecular flexibility index (Phi) is 15.4. The molecule has 0 saturated carbocycles. The van der Waals surface area contributed by atoms with Crippen LogP contribution in [0, 0.1) is 6.92 Å². The van der Waals surface area contributed by atoms with E-state index in [9.17, 15) is 28.9 Å². The van der Waals surface area contributed by atoms with Gasteiger partial charge in [0.05, 0.1) is 34.0 Å². The van der Waals surface area contributed by atoms with Crippen molar-refractivity contribution in [2.45, 2.75) is 57.0 Å². The van der Waals surface area contributed by atoms with Gasteiger partial charge in [-0.2, -0.15) is 4.98 Å². The summed E-state index contributed by atoms with van der Waals surface area (Å²) in [6, 6.07) is 33.7. The zero-order valence-corrected chi connectivity index (χ0v) is 38.5. The van der Waals surface area contributed by atoms with Crippen LogP contribution in [0.4, 0.5) is 5.82 Å². The number of H-pyrrole nitrogens is 1. The van der Waals surface area contributed by atoms with E-state index in [4.69, 9.17) is 44.5 Å². The molecule has 4 aromatic carbocycles. The van der Waals surface area contributed by atoms with Crippen molar-refractivity contribution in [1.82, 2.24) is 19.1 Å². The summed E-state index contributed by atoms with van der Waals surface area (Å²) in [5, 5.41) is 2.62. The molecule has 0 spiro atoms. The van der Waals surface area contributed by atoms with Gasteiger partial charge in [-0.15, -0.1) is 0 Å². The number of methoxy groups -OCH3 is 2. The van der Waals surface area contributed by atoms with Crippen molar-refractivity contribution in [3.05, 3.63) is 187 Å². The molecule has 1 amide bonds. The molecule has 3 heterocycles. The van der Waals surface area contributed by atoms with Crippen molar-refractivity contribution in [3.8, 4) is 11.5 Å². The van der Waals surface area contributed by atoms with E-state index in [-0.39, 0.29) is 31.0 Å². The topological polar surface area (TPSA) is 224 Å². The predicted molar refractivity (Wildman–Crippen MR) is 246 cm³/mol. The van der Waals surface area contributed by atoms with Crippen LogP contribution in [0.2, 0.25) is 0 Å². The fourth-order valence-corrected chi connectivity index (χ4v) is 9.01. The van der Waals surface area contributed by atoms with Crippen molar-refractivity contribution in [2.24, 2.45) is 0 Å². The molecule has 67 heavy (non-hydrogen) atoms. The van der Waals surface area contributed by atoms with Crippen LogP contribution in [-0.4, -0.2) is 76.7 Å². The van der Waals surface area contributed by atoms with Crippen LogP contribution in [0.1, 0.15) is 52.2 Å². The van der Waals surface area contributed by atoms with E-state index in [2.05, 4.69) is 15.3 Å². The van der Waals surface area contributed by atoms with Gasteiger partial charge in [0.1, 0.15) is 54.2 Å². The highest BCUT2D eigenvalue weighted by Crippen LogP contribution is 2.45. The molecule has 350 valence electrons. The quantitative estimate of drug-likeness (QED) is 0.0644. The third-order valence-electron chi connectivity index (χ3n) is 10.8. The minimum absolute atomic E-state index is 0.0142. The van der Waals surface area contributed by atoms with Crippen molar-refractivity contribution in [3.63, 3.8) is 0 Å². The van der Waals surface area contributed by atoms with Crippen LogP contribution in [0.3, 0.4) is 0 Å². The third-order valence-corrected chi connectivity index (χ3v) is 12.4. The molecule has 0 bridgehead atoms. The number of hydrogen-bond acceptors (Lipinski definition) is 15. The number of amides is 1. The number of aromatic amines is 1. The molecule has 20 heteroatoms. The Bertz CT molecular complexity index is 2850. The van der Waals surface area contributed by atoms with Crippen molar-refractivity contribution in [1.29, 1.82) is 0 Å². The van der Waals surface area contributed by atoms with E-state index in [1.807, 2.05) is 54.6 Å². The molecule has 6 aromatic rings. The maximum atomic E-state index is 14.3. The molecule has 7 rings (SSSR count). The summed E-state index contributed by atoms with van der Waals surface area (Å²) in [5.41, 5.74) is -0.882. The summed E-state index contributed by atoms with van der Waals surface area (Å²) in [5.74, 6) is 0.0398. The molecule has 5 atom stereocenters. The first-order valence-electron chi connectivity index (χ1n) is 20.9. The monoisotopic (exact) mass is 952 g/mol. The Morgan fingerprint density at radius 2 is 1.51 bits per heavy atom. The molecule has 5 unspecified atom stereocenters. The SMILES string of the molecule is COc1ccc(C(OCC(Cn2ccc(NC(=O)c3ccccc3)nc2=O)OP([O-])(=S)OCC2OC(n3cc(C)c(=O)[nH]c3=O)CC2OC(C)=O)(c2ccccc2)c2ccc(OC)cc2)cc1. The summed E-state index contributed by atoms with van der Waals surface area (Å²) in [6.45, 7) is -3.09. The van der Waals surface area contributed by atoms with Gasteiger partial charge < -0.3 is 42.9 Å². The zero-order chi connectivity index (χ0) is 47.7. The Morgan fingerprint density at radius 3 is 2.09 bits per heavy atom. The molecule has 18 nitrogen and oxygen atoms in total. The highest BCUT2D eigenvalue weighted by Gasteiger charge is 2.41. The van der Waals surface area contributed by atoms with Crippen molar-refractivity contribution in [2.75, 3.05) is 32.8 Å². The van der Waals surface area contributed by atoms with Crippen molar-refractivity contribution < 1.29 is 47.2 Å². The van der Waals surface area contributed by atoms with Crippen LogP contribution in [-0.2, 0) is 52.0 Å². The van der Waals surface area contributed by atoms with E-state index in [1.54, 1.807) is 68.8 Å². The lowest BCUT2D eigenvalue weighted by Crippen LogP contribution is -2.39. The summed E-state index contributed by atoms with van der Waals surface area (Å²) >= 11 is 5.48. The smallest absolute Gasteiger partial charge is 0.349 e. The van der Waals surface area contributed by atoms with Crippen LogP contribution in [0.25, 0.3) is 0 Å². The lowest BCUT2D eigenvalue weighted by molar-refractivity contribution is -0.217. The standard InChI is InChI=1S/C47H48N5O13PS/c1-30-26-52(46(57)50-43(30)54)42-25-39(63-31(2)53)40(64-42)29-62-66(58,67)65-38(27-51-24-23-41(49-45(51)56)48-44(55)32-11-7-5-8-12-32)28-61-47(33-13-9-6-10-14-33,34-15-19-36(59-3)20-16-34)35-17-21-37(60-4)22-18-35/h5-24,26,38-40,42H,25,27-29H2,1-4H3,(H,58,67)(H,50,54,57)(H,48,49,55,56)/p-1. The Hall–Kier alpha value is -6.57. The van der Waals surface area contributed by atoms with Crippen LogP contribution < -0.4 is 36.6 Å². The van der Waals surface area contributed by atoms with Crippen LogP contribution in [0.15, 0.2) is 142 Å². The molecule has 2 aromatic heterocycles. The van der Waals surface area contributed by atoms with E-state index in [0.717, 1.165) is 4.57 Å². The highest BCUT2D eigenvalue weighted by molar-refractivity contribution is 8.06. The number of ether oxygens (including phenoxy) is 5. The minimum Gasteiger partial charge on any atom is -0.780 e. The molecular weight excluding hydrogens is 906 g/mol. The van der Waals surface area contributed by atoms with Crippen molar-refractivity contribution >= 4 is 36.2 Å². The number of benzene rings is 4. The Balaban J connectivity index is 1.21. The number of aryl methyl sites for hydroxylation is 1. The van der Waals surface area contributed by atoms with Gasteiger partial charge in [0.25, 0.3) is 11.5 Å². The van der Waals surface area contributed by atoms with Gasteiger partial charge in [-0.3, -0.25) is 28.5 Å². The van der Waals surface area contributed by atoms with Gasteiger partial charge in [0.15, 0.2) is 0 Å². The van der Waals surface area contributed by atoms with Gasteiger partial charge in [-0.05, 0) is 66.1 Å². The van der Waals surface area contributed by atoms with E-state index in [1.165, 1.54) is 36.9 Å². The third kappa shape index (κ3) is 11.7. The number of aromatic nitrogens is 4. The number of rotatable bonds is 19. The number of carbonyl (C=O) groups excluding carboxylic acids is 2. The molecule has 1 saturated heterocycles. The fourth-order valence-electron chi connectivity index (χ4n) is 7.58. The molecule has 0 radical (unpaired) electrons. The lowest BCUT2D eigenvalue weighted by Gasteiger charge is -2.39. The molecule has 0 aliphatic carbocycles. The first kappa shape index (κ1) is 48.4. The summed E-state index contributed by atoms with van der Waals surface area (Å²) in [6.07, 6.45) is -1.69. The first-order chi connectivity index (χ1) is 32.2. The minimum atomic E-state index is -4.57. The summed E-state index contributed by atoms with van der Waals surface area (Å²) < 4.78 is 43.8. The predicted octanol–water partition coefficient (Wildman–Crippen LogP) is 4.59. The highest BCUT2D eigenvalue weighted by atomic mass is 32.5. The molecule has 2 N–H and O–H groups in total. The maximum absolute atomic E-state index is 14.3. The van der Waals surface area contributed by atoms with E-state index >= 15 is 0 Å². The average Bonchev–Trinajstić information content (AvgIpc) is 3.72. The van der Waals surface area contributed by atoms with Gasteiger partial charge in [0, 0.05) is 36.9 Å². The Labute approximate surface area is 389 Å². The van der Waals surface area contributed by atoms with Gasteiger partial charge in [0.2, 0.25) is 0 Å². The zero-order valence-electron chi connectivity index (χ0n) is 36.8. The number of esters is 1. The molecule has 1 aliphatic rings. The summed E-state index contributed by atoms with van der Waals surface area (Å²) in [4.78, 5) is 84.1. The average molecular weight is 953 g/mol. The normalized spacial score (nSPS) is 17.2. The van der Waals surface area contributed by atoms with Gasteiger partial charge >= 0.3 is 17.3 Å². The van der Waals surface area contributed by atoms with E-state index in [0.29, 0.717) is 33.8 Å². The van der Waals surface area contributed by atoms with E-state index < -0.39 is 72.3 Å². The molecular formula is C47H47N5O13PS-. The second-order valence-corrected chi connectivity index (χ2v) is 18.0. The Morgan fingerprint density at radius 1 is 0.910 bits per heavy atom. The lowest BCUT2D eigenvalue weighted by atomic mass is 9.80. The second kappa shape index (κ2) is 21.4. The second-order valence-electron chi connectivity index (χ2n) is 15.3. The maximum Gasteiger partial charge on any atom is 0.349 e. The summed E-state index contributed by atoms with van der Waals surface area (Å²) in [7, 11) is 3.11. The largest absolute Gasteiger partial charge is 0.780 e. The molecule has 1 fully saturated rings. The van der Waals surface area contributed by atoms with Gasteiger partial charge in [-0.25, -0.2) is 9.59 Å². The number of hydrogen-bond donors (Lipinski definition) is 2. The number of anilines is 1. The van der Waals surface area contributed by atoms with Gasteiger partial charge in [-0.1, -0.05) is 84.6 Å². The molecule has 1 aliphatic heterocycles. The van der Waals surface area contributed by atoms with Crippen LogP contribution >= 0.6 is 6.72 Å². The number of nitrogens with zero attached hydrogens (tertiary/aromatic N) is 3. The number of carbonyl (C=O) groups is 2. The van der Waals surface area contributed by atoms with Crippen LogP contribution in [0.5, 0.6) is 11.5 Å². The fraction of sp³-hybridized carbons (Fsp3) is 0.277.